The molecule has 2 aromatic rings. The van der Waals surface area contributed by atoms with E-state index in [1.54, 1.807) is 6.92 Å². The van der Waals surface area contributed by atoms with Gasteiger partial charge in [-0.15, -0.1) is 0 Å². The molecule has 27 heavy (non-hydrogen) atoms. The molecule has 144 valence electrons. The van der Waals surface area contributed by atoms with Crippen LogP contribution in [0.1, 0.15) is 34.2 Å². The third-order valence-corrected chi connectivity index (χ3v) is 4.36. The molecule has 0 saturated heterocycles. The summed E-state index contributed by atoms with van der Waals surface area (Å²) in [4.78, 5) is 23.5. The lowest BCUT2D eigenvalue weighted by Crippen LogP contribution is -2.39. The Balaban J connectivity index is 3.07. The van der Waals surface area contributed by atoms with Gasteiger partial charge < -0.3 is 4.74 Å². The van der Waals surface area contributed by atoms with Crippen LogP contribution >= 0.6 is 0 Å². The first-order valence-electron chi connectivity index (χ1n) is 8.03. The van der Waals surface area contributed by atoms with Crippen molar-refractivity contribution in [3.63, 3.8) is 0 Å². The number of rotatable bonds is 4. The second-order valence-corrected chi connectivity index (χ2v) is 5.85. The predicted molar refractivity (Wildman–Crippen MR) is 90.1 cm³/mol. The minimum absolute atomic E-state index is 0.0238. The molecule has 0 bridgehead atoms. The van der Waals surface area contributed by atoms with E-state index in [0.29, 0.717) is 0 Å². The van der Waals surface area contributed by atoms with Crippen LogP contribution in [0.25, 0.3) is 11.1 Å². The van der Waals surface area contributed by atoms with Gasteiger partial charge in [-0.25, -0.2) is 4.79 Å². The smallest absolute Gasteiger partial charge is 0.417 e. The number of hydrogen-bond donors (Lipinski definition) is 0. The topological polar surface area (TPSA) is 73.3 Å². The molecule has 1 aromatic heterocycles. The number of pyridine rings is 1. The number of ether oxygens (including phenoxy) is 1. The van der Waals surface area contributed by atoms with Gasteiger partial charge in [-0.3, -0.25) is 10.1 Å². The van der Waals surface area contributed by atoms with Crippen molar-refractivity contribution >= 4 is 11.7 Å². The number of aromatic nitrogens is 1. The van der Waals surface area contributed by atoms with Crippen molar-refractivity contribution in [2.24, 2.45) is 7.05 Å². The SMILES string of the molecule is CCOC(=O)c1c(-c2ccccc2C(F)(F)F)c([N+](=O)[O-])c(C)[n+](C)c1C. The number of carbonyl (C=O) groups is 1. The molecule has 0 amide bonds. The summed E-state index contributed by atoms with van der Waals surface area (Å²) in [5.74, 6) is -0.916. The van der Waals surface area contributed by atoms with Gasteiger partial charge in [-0.2, -0.15) is 17.7 Å². The maximum atomic E-state index is 13.5. The summed E-state index contributed by atoms with van der Waals surface area (Å²) in [6.45, 7) is 4.44. The Morgan fingerprint density at radius 2 is 1.81 bits per heavy atom. The van der Waals surface area contributed by atoms with E-state index in [-0.39, 0.29) is 29.1 Å². The molecule has 1 heterocycles. The second kappa shape index (κ2) is 7.34. The predicted octanol–water partition coefficient (Wildman–Crippen LogP) is 3.90. The molecule has 0 aliphatic rings. The molecule has 0 spiro atoms. The zero-order chi connectivity index (χ0) is 20.5. The van der Waals surface area contributed by atoms with Gasteiger partial charge in [0.05, 0.1) is 22.7 Å². The Hall–Kier alpha value is -2.97. The normalized spacial score (nSPS) is 11.4. The fourth-order valence-electron chi connectivity index (χ4n) is 2.95. The van der Waals surface area contributed by atoms with Gasteiger partial charge in [0.25, 0.3) is 5.69 Å². The summed E-state index contributed by atoms with van der Waals surface area (Å²) < 4.78 is 47.0. The first-order chi connectivity index (χ1) is 12.5. The molecule has 0 saturated carbocycles. The molecule has 9 heteroatoms. The van der Waals surface area contributed by atoms with E-state index in [9.17, 15) is 28.1 Å². The van der Waals surface area contributed by atoms with Gasteiger partial charge in [-0.05, 0) is 13.0 Å². The molecule has 1 aromatic carbocycles. The number of nitro groups is 1. The van der Waals surface area contributed by atoms with E-state index in [1.165, 1.54) is 37.6 Å². The van der Waals surface area contributed by atoms with Crippen LogP contribution in [0.2, 0.25) is 0 Å². The Kier molecular flexibility index (Phi) is 5.53. The highest BCUT2D eigenvalue weighted by Crippen LogP contribution is 2.43. The fraction of sp³-hybridized carbons (Fsp3) is 0.333. The number of esters is 1. The Labute approximate surface area is 153 Å². The van der Waals surface area contributed by atoms with Gasteiger partial charge in [0.2, 0.25) is 0 Å². The molecule has 2 rings (SSSR count). The van der Waals surface area contributed by atoms with Crippen LogP contribution < -0.4 is 4.57 Å². The Bertz CT molecular complexity index is 924. The van der Waals surface area contributed by atoms with Crippen molar-refractivity contribution in [2.45, 2.75) is 26.9 Å². The first kappa shape index (κ1) is 20.3. The van der Waals surface area contributed by atoms with E-state index in [2.05, 4.69) is 0 Å². The highest BCUT2D eigenvalue weighted by atomic mass is 19.4. The fourth-order valence-corrected chi connectivity index (χ4v) is 2.95. The maximum Gasteiger partial charge on any atom is 0.417 e. The van der Waals surface area contributed by atoms with Crippen LogP contribution in [0.15, 0.2) is 24.3 Å². The summed E-state index contributed by atoms with van der Waals surface area (Å²) in [5.41, 5.74) is -2.32. The van der Waals surface area contributed by atoms with Crippen LogP contribution in [0.5, 0.6) is 0 Å². The lowest BCUT2D eigenvalue weighted by molar-refractivity contribution is -0.686. The van der Waals surface area contributed by atoms with Crippen LogP contribution in [-0.2, 0) is 18.0 Å². The molecule has 0 N–H and O–H groups in total. The zero-order valence-electron chi connectivity index (χ0n) is 15.2. The largest absolute Gasteiger partial charge is 0.462 e. The summed E-state index contributed by atoms with van der Waals surface area (Å²) >= 11 is 0. The highest BCUT2D eigenvalue weighted by molar-refractivity contribution is 6.01. The van der Waals surface area contributed by atoms with E-state index in [0.717, 1.165) is 12.1 Å². The number of benzene rings is 1. The van der Waals surface area contributed by atoms with Gasteiger partial charge in [0, 0.05) is 19.4 Å². The quantitative estimate of drug-likeness (QED) is 0.347. The van der Waals surface area contributed by atoms with Crippen molar-refractivity contribution in [2.75, 3.05) is 6.61 Å². The summed E-state index contributed by atoms with van der Waals surface area (Å²) in [6.07, 6.45) is -4.75. The molecule has 0 atom stereocenters. The monoisotopic (exact) mass is 383 g/mol. The number of alkyl halides is 3. The molecule has 6 nitrogen and oxygen atoms in total. The minimum Gasteiger partial charge on any atom is -0.462 e. The molecule has 0 aliphatic heterocycles. The van der Waals surface area contributed by atoms with Crippen molar-refractivity contribution < 1.29 is 32.2 Å². The summed E-state index contributed by atoms with van der Waals surface area (Å²) in [5, 5.41) is 11.7. The molecular weight excluding hydrogens is 365 g/mol. The number of hydrogen-bond acceptors (Lipinski definition) is 4. The highest BCUT2D eigenvalue weighted by Gasteiger charge is 2.41. The van der Waals surface area contributed by atoms with Gasteiger partial charge in [-0.1, -0.05) is 18.2 Å². The van der Waals surface area contributed by atoms with Crippen LogP contribution in [0, 0.1) is 24.0 Å². The van der Waals surface area contributed by atoms with E-state index < -0.39 is 33.9 Å². The average molecular weight is 383 g/mol. The number of nitrogens with zero attached hydrogens (tertiary/aromatic N) is 2. The standard InChI is InChI=1S/C18H18F3N2O4/c1-5-27-17(24)14-10(2)22(4)11(3)16(23(25)26)15(14)12-8-6-7-9-13(12)18(19,20)21/h6-9H,5H2,1-4H3/q+1. The van der Waals surface area contributed by atoms with Crippen molar-refractivity contribution in [3.05, 3.63) is 56.9 Å². The maximum absolute atomic E-state index is 13.5. The van der Waals surface area contributed by atoms with Crippen molar-refractivity contribution in [1.82, 2.24) is 0 Å². The van der Waals surface area contributed by atoms with E-state index in [1.807, 2.05) is 0 Å². The van der Waals surface area contributed by atoms with Gasteiger partial charge in [0.15, 0.2) is 5.69 Å². The first-order valence-corrected chi connectivity index (χ1v) is 8.03. The Morgan fingerprint density at radius 1 is 1.22 bits per heavy atom. The molecule has 0 aliphatic carbocycles. The molecule has 0 radical (unpaired) electrons. The second-order valence-electron chi connectivity index (χ2n) is 5.85. The van der Waals surface area contributed by atoms with Crippen LogP contribution in [0.4, 0.5) is 18.9 Å². The molecule has 0 unspecified atom stereocenters. The van der Waals surface area contributed by atoms with Crippen molar-refractivity contribution in [1.29, 1.82) is 0 Å². The average Bonchev–Trinajstić information content (AvgIpc) is 2.58. The third-order valence-electron chi connectivity index (χ3n) is 4.36. The van der Waals surface area contributed by atoms with Gasteiger partial charge in [0.1, 0.15) is 12.6 Å². The number of carbonyl (C=O) groups excluding carboxylic acids is 1. The Morgan fingerprint density at radius 3 is 2.33 bits per heavy atom. The van der Waals surface area contributed by atoms with E-state index >= 15 is 0 Å². The zero-order valence-corrected chi connectivity index (χ0v) is 15.2. The summed E-state index contributed by atoms with van der Waals surface area (Å²) in [7, 11) is 1.50. The van der Waals surface area contributed by atoms with Crippen molar-refractivity contribution in [3.8, 4) is 11.1 Å². The third kappa shape index (κ3) is 3.62. The number of halogens is 3. The lowest BCUT2D eigenvalue weighted by Gasteiger charge is -2.16. The van der Waals surface area contributed by atoms with Crippen LogP contribution in [-0.4, -0.2) is 17.5 Å². The van der Waals surface area contributed by atoms with Gasteiger partial charge >= 0.3 is 17.8 Å². The minimum atomic E-state index is -4.75. The van der Waals surface area contributed by atoms with E-state index in [4.69, 9.17) is 4.74 Å². The van der Waals surface area contributed by atoms with Crippen LogP contribution in [0.3, 0.4) is 0 Å². The molecule has 0 fully saturated rings. The lowest BCUT2D eigenvalue weighted by atomic mass is 9.92. The molecular formula is C18H18F3N2O4+. The summed E-state index contributed by atoms with van der Waals surface area (Å²) in [6, 6.07) is 4.46.